The van der Waals surface area contributed by atoms with Gasteiger partial charge in [-0.15, -0.1) is 0 Å². The summed E-state index contributed by atoms with van der Waals surface area (Å²) in [6.07, 6.45) is 1.72. The monoisotopic (exact) mass is 548 g/mol. The van der Waals surface area contributed by atoms with Crippen molar-refractivity contribution >= 4 is 11.8 Å². The molecule has 1 atom stereocenters. The first-order valence-electron chi connectivity index (χ1n) is 15.0. The van der Waals surface area contributed by atoms with Crippen LogP contribution < -0.4 is 5.32 Å². The lowest BCUT2D eigenvalue weighted by Crippen LogP contribution is -2.43. The molecule has 0 spiro atoms. The summed E-state index contributed by atoms with van der Waals surface area (Å²) in [5.74, 6) is 0.625. The standard InChI is InChI=1S/C36H56N2O2/c1-23(2)26-17-28(21-30(19-26)34(6,7)8)32(39)37-36(12,13)16-15-25(5)27-18-29(33(40)38(14)24(3)4)22-31(20-27)35(9,10)11/h17-25H,15-16H2,1-14H3,(H,37,39). The van der Waals surface area contributed by atoms with Crippen LogP contribution in [-0.4, -0.2) is 35.3 Å². The lowest BCUT2D eigenvalue weighted by atomic mass is 9.81. The number of amides is 2. The zero-order valence-corrected chi connectivity index (χ0v) is 27.9. The van der Waals surface area contributed by atoms with Gasteiger partial charge in [-0.25, -0.2) is 0 Å². The van der Waals surface area contributed by atoms with E-state index in [1.165, 1.54) is 22.3 Å². The molecule has 0 aliphatic rings. The van der Waals surface area contributed by atoms with Gasteiger partial charge >= 0.3 is 0 Å². The molecular weight excluding hydrogens is 492 g/mol. The van der Waals surface area contributed by atoms with E-state index in [1.807, 2.05) is 33.0 Å². The van der Waals surface area contributed by atoms with Crippen LogP contribution in [0.15, 0.2) is 36.4 Å². The smallest absolute Gasteiger partial charge is 0.253 e. The molecule has 0 saturated carbocycles. The van der Waals surface area contributed by atoms with Crippen LogP contribution >= 0.6 is 0 Å². The summed E-state index contributed by atoms with van der Waals surface area (Å²) in [5.41, 5.74) is 5.73. The zero-order valence-electron chi connectivity index (χ0n) is 27.9. The zero-order chi connectivity index (χ0) is 30.8. The number of carbonyl (C=O) groups is 2. The molecule has 4 nitrogen and oxygen atoms in total. The molecule has 0 aliphatic carbocycles. The van der Waals surface area contributed by atoms with E-state index in [9.17, 15) is 9.59 Å². The molecule has 0 aliphatic heterocycles. The first kappa shape index (κ1) is 33.6. The Balaban J connectivity index is 2.27. The topological polar surface area (TPSA) is 49.4 Å². The van der Waals surface area contributed by atoms with Crippen molar-refractivity contribution in [2.75, 3.05) is 7.05 Å². The second-order valence-electron chi connectivity index (χ2n) is 15.1. The molecular formula is C36H56N2O2. The lowest BCUT2D eigenvalue weighted by Gasteiger charge is -2.29. The van der Waals surface area contributed by atoms with Crippen LogP contribution in [0.1, 0.15) is 158 Å². The van der Waals surface area contributed by atoms with Gasteiger partial charge < -0.3 is 10.2 Å². The number of nitrogens with zero attached hydrogens (tertiary/aromatic N) is 1. The van der Waals surface area contributed by atoms with E-state index in [-0.39, 0.29) is 40.1 Å². The average molecular weight is 549 g/mol. The lowest BCUT2D eigenvalue weighted by molar-refractivity contribution is 0.0754. The van der Waals surface area contributed by atoms with Gasteiger partial charge in [-0.05, 0) is 110 Å². The molecule has 2 aromatic rings. The number of hydrogen-bond donors (Lipinski definition) is 1. The van der Waals surface area contributed by atoms with E-state index in [4.69, 9.17) is 0 Å². The Morgan fingerprint density at radius 2 is 1.20 bits per heavy atom. The van der Waals surface area contributed by atoms with Gasteiger partial charge in [0.05, 0.1) is 0 Å². The largest absolute Gasteiger partial charge is 0.347 e. The van der Waals surface area contributed by atoms with Crippen molar-refractivity contribution < 1.29 is 9.59 Å². The molecule has 0 aromatic heterocycles. The van der Waals surface area contributed by atoms with Gasteiger partial charge in [-0.1, -0.05) is 74.4 Å². The van der Waals surface area contributed by atoms with Crippen molar-refractivity contribution in [3.63, 3.8) is 0 Å². The van der Waals surface area contributed by atoms with Gasteiger partial charge in [-0.2, -0.15) is 0 Å². The predicted molar refractivity (Wildman–Crippen MR) is 171 cm³/mol. The molecule has 222 valence electrons. The van der Waals surface area contributed by atoms with Gasteiger partial charge in [0.15, 0.2) is 0 Å². The third-order valence-electron chi connectivity index (χ3n) is 8.14. The quantitative estimate of drug-likeness (QED) is 0.340. The van der Waals surface area contributed by atoms with E-state index in [2.05, 4.69) is 106 Å². The van der Waals surface area contributed by atoms with E-state index in [0.29, 0.717) is 5.92 Å². The fraction of sp³-hybridized carbons (Fsp3) is 0.611. The molecule has 0 radical (unpaired) electrons. The Labute approximate surface area is 245 Å². The molecule has 2 amide bonds. The van der Waals surface area contributed by atoms with E-state index < -0.39 is 0 Å². The minimum atomic E-state index is -0.376. The van der Waals surface area contributed by atoms with Crippen molar-refractivity contribution in [1.82, 2.24) is 10.2 Å². The van der Waals surface area contributed by atoms with Crippen molar-refractivity contribution in [1.29, 1.82) is 0 Å². The molecule has 0 bridgehead atoms. The molecule has 2 rings (SSSR count). The van der Waals surface area contributed by atoms with Crippen molar-refractivity contribution in [3.8, 4) is 0 Å². The number of nitrogens with one attached hydrogen (secondary N) is 1. The van der Waals surface area contributed by atoms with Crippen LogP contribution in [0.5, 0.6) is 0 Å². The molecule has 0 fully saturated rings. The SMILES string of the molecule is CC(C)c1cc(C(=O)NC(C)(C)CCC(C)c2cc(C(=O)N(C)C(C)C)cc(C(C)(C)C)c2)cc(C(C)(C)C)c1. The highest BCUT2D eigenvalue weighted by Gasteiger charge is 2.26. The van der Waals surface area contributed by atoms with E-state index >= 15 is 0 Å². The van der Waals surface area contributed by atoms with Gasteiger partial charge in [0.2, 0.25) is 0 Å². The minimum absolute atomic E-state index is 0.0232. The number of hydrogen-bond acceptors (Lipinski definition) is 2. The Kier molecular flexibility index (Phi) is 10.5. The predicted octanol–water partition coefficient (Wildman–Crippen LogP) is 8.98. The summed E-state index contributed by atoms with van der Waals surface area (Å²) >= 11 is 0. The van der Waals surface area contributed by atoms with E-state index in [0.717, 1.165) is 24.0 Å². The Hall–Kier alpha value is -2.62. The van der Waals surface area contributed by atoms with E-state index in [1.54, 1.807) is 4.90 Å². The van der Waals surface area contributed by atoms with Crippen LogP contribution in [0.25, 0.3) is 0 Å². The maximum atomic E-state index is 13.5. The first-order chi connectivity index (χ1) is 18.1. The van der Waals surface area contributed by atoms with Crippen LogP contribution in [0.2, 0.25) is 0 Å². The number of carbonyl (C=O) groups excluding carboxylic acids is 2. The minimum Gasteiger partial charge on any atom is -0.347 e. The third-order valence-corrected chi connectivity index (χ3v) is 8.14. The summed E-state index contributed by atoms with van der Waals surface area (Å²) in [7, 11) is 1.87. The Morgan fingerprint density at radius 1 is 0.725 bits per heavy atom. The highest BCUT2D eigenvalue weighted by Crippen LogP contribution is 2.32. The normalized spacial score (nSPS) is 13.5. The molecule has 2 aromatic carbocycles. The van der Waals surface area contributed by atoms with Gasteiger partial charge in [0.1, 0.15) is 0 Å². The average Bonchev–Trinajstić information content (AvgIpc) is 2.84. The van der Waals surface area contributed by atoms with Gasteiger partial charge in [0, 0.05) is 29.8 Å². The Bertz CT molecular complexity index is 1190. The summed E-state index contributed by atoms with van der Waals surface area (Å²) < 4.78 is 0. The molecule has 1 unspecified atom stereocenters. The third kappa shape index (κ3) is 8.94. The van der Waals surface area contributed by atoms with Crippen LogP contribution in [0, 0.1) is 0 Å². The maximum Gasteiger partial charge on any atom is 0.253 e. The Morgan fingerprint density at radius 3 is 1.68 bits per heavy atom. The second-order valence-corrected chi connectivity index (χ2v) is 15.1. The summed E-state index contributed by atoms with van der Waals surface area (Å²) in [4.78, 5) is 28.5. The molecule has 0 heterocycles. The second kappa shape index (κ2) is 12.5. The molecule has 4 heteroatoms. The van der Waals surface area contributed by atoms with Crippen LogP contribution in [0.4, 0.5) is 0 Å². The first-order valence-corrected chi connectivity index (χ1v) is 15.0. The van der Waals surface area contributed by atoms with Crippen molar-refractivity contribution in [3.05, 3.63) is 69.8 Å². The molecule has 1 N–H and O–H groups in total. The number of rotatable bonds is 9. The fourth-order valence-corrected chi connectivity index (χ4v) is 4.67. The van der Waals surface area contributed by atoms with Crippen LogP contribution in [0.3, 0.4) is 0 Å². The summed E-state index contributed by atoms with van der Waals surface area (Å²) in [5, 5.41) is 3.32. The summed E-state index contributed by atoms with van der Waals surface area (Å²) in [6, 6.07) is 12.8. The van der Waals surface area contributed by atoms with Gasteiger partial charge in [0.25, 0.3) is 11.8 Å². The molecule has 0 saturated heterocycles. The number of benzene rings is 2. The van der Waals surface area contributed by atoms with Crippen molar-refractivity contribution in [2.45, 2.75) is 137 Å². The maximum absolute atomic E-state index is 13.5. The molecule has 40 heavy (non-hydrogen) atoms. The summed E-state index contributed by atoms with van der Waals surface area (Å²) in [6.45, 7) is 28.0. The van der Waals surface area contributed by atoms with Crippen LogP contribution in [-0.2, 0) is 10.8 Å². The highest BCUT2D eigenvalue weighted by molar-refractivity contribution is 5.95. The van der Waals surface area contributed by atoms with Gasteiger partial charge in [-0.3, -0.25) is 9.59 Å². The highest BCUT2D eigenvalue weighted by atomic mass is 16.2. The fourth-order valence-electron chi connectivity index (χ4n) is 4.67. The van der Waals surface area contributed by atoms with Crippen molar-refractivity contribution in [2.24, 2.45) is 0 Å².